The number of rotatable bonds is 3. The molecule has 0 saturated heterocycles. The molecular weight excluding hydrogens is 357 g/mol. The Bertz CT molecular complexity index is 1060. The van der Waals surface area contributed by atoms with Crippen molar-refractivity contribution in [1.29, 1.82) is 0 Å². The van der Waals surface area contributed by atoms with Crippen molar-refractivity contribution in [1.82, 2.24) is 19.7 Å². The first-order valence-corrected chi connectivity index (χ1v) is 8.36. The molecule has 0 aliphatic rings. The number of halogens is 2. The van der Waals surface area contributed by atoms with Crippen LogP contribution >= 0.6 is 23.2 Å². The molecule has 2 aromatic carbocycles. The number of nitrogens with two attached hydrogens (primary N) is 1. The lowest BCUT2D eigenvalue weighted by Crippen LogP contribution is -2.05. The molecule has 0 saturated carbocycles. The van der Waals surface area contributed by atoms with Gasteiger partial charge in [-0.1, -0.05) is 59.6 Å². The van der Waals surface area contributed by atoms with E-state index in [1.807, 2.05) is 36.4 Å². The molecule has 0 aliphatic heterocycles. The summed E-state index contributed by atoms with van der Waals surface area (Å²) in [7, 11) is 0. The SMILES string of the molecule is Nc1nc(-c2ccccc2)nc2c1cnn2Cc1ccc(Cl)cc1Cl. The predicted octanol–water partition coefficient (Wildman–Crippen LogP) is 4.43. The Morgan fingerprint density at radius 3 is 2.56 bits per heavy atom. The molecule has 7 heteroatoms. The molecule has 2 aromatic heterocycles. The summed E-state index contributed by atoms with van der Waals surface area (Å²) in [5.41, 5.74) is 8.56. The van der Waals surface area contributed by atoms with Gasteiger partial charge in [-0.25, -0.2) is 14.6 Å². The predicted molar refractivity (Wildman–Crippen MR) is 101 cm³/mol. The van der Waals surface area contributed by atoms with Crippen molar-refractivity contribution < 1.29 is 0 Å². The van der Waals surface area contributed by atoms with E-state index < -0.39 is 0 Å². The fourth-order valence-corrected chi connectivity index (χ4v) is 3.09. The van der Waals surface area contributed by atoms with E-state index >= 15 is 0 Å². The minimum atomic E-state index is 0.400. The lowest BCUT2D eigenvalue weighted by Gasteiger charge is -2.08. The summed E-state index contributed by atoms with van der Waals surface area (Å²) < 4.78 is 1.76. The van der Waals surface area contributed by atoms with Crippen molar-refractivity contribution in [2.75, 3.05) is 5.73 Å². The fraction of sp³-hybridized carbons (Fsp3) is 0.0556. The minimum Gasteiger partial charge on any atom is -0.383 e. The van der Waals surface area contributed by atoms with Crippen molar-refractivity contribution in [3.05, 3.63) is 70.3 Å². The largest absolute Gasteiger partial charge is 0.383 e. The average Bonchev–Trinajstić information content (AvgIpc) is 3.02. The van der Waals surface area contributed by atoms with Gasteiger partial charge in [-0.15, -0.1) is 0 Å². The van der Waals surface area contributed by atoms with Crippen LogP contribution in [0.1, 0.15) is 5.56 Å². The van der Waals surface area contributed by atoms with Gasteiger partial charge in [0.05, 0.1) is 18.1 Å². The van der Waals surface area contributed by atoms with E-state index in [1.165, 1.54) is 0 Å². The van der Waals surface area contributed by atoms with E-state index in [-0.39, 0.29) is 0 Å². The van der Waals surface area contributed by atoms with E-state index in [0.29, 0.717) is 39.3 Å². The third-order valence-corrected chi connectivity index (χ3v) is 4.48. The Labute approximate surface area is 154 Å². The molecule has 0 spiro atoms. The lowest BCUT2D eigenvalue weighted by molar-refractivity contribution is 0.704. The highest BCUT2D eigenvalue weighted by Gasteiger charge is 2.13. The van der Waals surface area contributed by atoms with E-state index in [1.54, 1.807) is 23.0 Å². The maximum absolute atomic E-state index is 6.27. The van der Waals surface area contributed by atoms with Crippen LogP contribution in [-0.4, -0.2) is 19.7 Å². The smallest absolute Gasteiger partial charge is 0.164 e. The number of hydrogen-bond acceptors (Lipinski definition) is 4. The van der Waals surface area contributed by atoms with Crippen LogP contribution in [-0.2, 0) is 6.54 Å². The molecule has 0 amide bonds. The normalized spacial score (nSPS) is 11.1. The average molecular weight is 370 g/mol. The molecule has 0 unspecified atom stereocenters. The molecule has 2 N–H and O–H groups in total. The van der Waals surface area contributed by atoms with Gasteiger partial charge >= 0.3 is 0 Å². The standard InChI is InChI=1S/C18H13Cl2N5/c19-13-7-6-12(15(20)8-13)10-25-18-14(9-22-25)16(21)23-17(24-18)11-4-2-1-3-5-11/h1-9H,10H2,(H2,21,23,24). The number of nitrogen functional groups attached to an aromatic ring is 1. The molecule has 0 bridgehead atoms. The first-order chi connectivity index (χ1) is 12.1. The second-order valence-corrected chi connectivity index (χ2v) is 6.42. The number of anilines is 1. The van der Waals surface area contributed by atoms with E-state index in [9.17, 15) is 0 Å². The van der Waals surface area contributed by atoms with Crippen LogP contribution in [0.5, 0.6) is 0 Å². The van der Waals surface area contributed by atoms with Crippen LogP contribution < -0.4 is 5.73 Å². The Morgan fingerprint density at radius 2 is 1.80 bits per heavy atom. The molecule has 0 atom stereocenters. The Kier molecular flexibility index (Phi) is 4.03. The molecule has 124 valence electrons. The van der Waals surface area contributed by atoms with Gasteiger partial charge < -0.3 is 5.73 Å². The van der Waals surface area contributed by atoms with Gasteiger partial charge in [-0.05, 0) is 17.7 Å². The summed E-state index contributed by atoms with van der Waals surface area (Å²) in [4.78, 5) is 9.04. The van der Waals surface area contributed by atoms with E-state index in [0.717, 1.165) is 11.1 Å². The molecule has 2 heterocycles. The van der Waals surface area contributed by atoms with E-state index in [4.69, 9.17) is 28.9 Å². The van der Waals surface area contributed by atoms with Crippen LogP contribution in [0.4, 0.5) is 5.82 Å². The molecule has 0 radical (unpaired) electrons. The summed E-state index contributed by atoms with van der Waals surface area (Å²) in [6.07, 6.45) is 1.67. The first-order valence-electron chi connectivity index (χ1n) is 7.60. The summed E-state index contributed by atoms with van der Waals surface area (Å²) in [6.45, 7) is 0.462. The molecule has 0 aliphatic carbocycles. The molecule has 4 aromatic rings. The van der Waals surface area contributed by atoms with E-state index in [2.05, 4.69) is 15.1 Å². The highest BCUT2D eigenvalue weighted by atomic mass is 35.5. The monoisotopic (exact) mass is 369 g/mol. The topological polar surface area (TPSA) is 69.6 Å². The molecule has 4 rings (SSSR count). The minimum absolute atomic E-state index is 0.400. The zero-order chi connectivity index (χ0) is 17.4. The van der Waals surface area contributed by atoms with Crippen LogP contribution in [0.25, 0.3) is 22.4 Å². The molecule has 0 fully saturated rings. The zero-order valence-corrected chi connectivity index (χ0v) is 14.5. The number of hydrogen-bond donors (Lipinski definition) is 1. The summed E-state index contributed by atoms with van der Waals surface area (Å²) in [5, 5.41) is 6.28. The molecule has 25 heavy (non-hydrogen) atoms. The van der Waals surface area contributed by atoms with Gasteiger partial charge in [0, 0.05) is 15.6 Å². The Morgan fingerprint density at radius 1 is 1.00 bits per heavy atom. The van der Waals surface area contributed by atoms with Crippen molar-refractivity contribution in [3.8, 4) is 11.4 Å². The van der Waals surface area contributed by atoms with Crippen LogP contribution in [0.2, 0.25) is 10.0 Å². The van der Waals surface area contributed by atoms with Gasteiger partial charge in [-0.3, -0.25) is 0 Å². The second kappa shape index (κ2) is 6.35. The lowest BCUT2D eigenvalue weighted by atomic mass is 10.2. The van der Waals surface area contributed by atoms with Crippen molar-refractivity contribution in [3.63, 3.8) is 0 Å². The van der Waals surface area contributed by atoms with Crippen molar-refractivity contribution >= 4 is 40.1 Å². The maximum Gasteiger partial charge on any atom is 0.164 e. The second-order valence-electron chi connectivity index (χ2n) is 5.57. The van der Waals surface area contributed by atoms with Gasteiger partial charge in [-0.2, -0.15) is 5.10 Å². The Balaban J connectivity index is 1.81. The molecular formula is C18H13Cl2N5. The third-order valence-electron chi connectivity index (χ3n) is 3.89. The van der Waals surface area contributed by atoms with Gasteiger partial charge in [0.25, 0.3) is 0 Å². The quantitative estimate of drug-likeness (QED) is 0.579. The summed E-state index contributed by atoms with van der Waals surface area (Å²) in [5.74, 6) is 0.965. The van der Waals surface area contributed by atoms with Crippen molar-refractivity contribution in [2.24, 2.45) is 0 Å². The van der Waals surface area contributed by atoms with Crippen LogP contribution in [0.3, 0.4) is 0 Å². The first kappa shape index (κ1) is 15.9. The zero-order valence-electron chi connectivity index (χ0n) is 13.0. The Hall–Kier alpha value is -2.63. The highest BCUT2D eigenvalue weighted by molar-refractivity contribution is 6.35. The fourth-order valence-electron chi connectivity index (χ4n) is 2.62. The van der Waals surface area contributed by atoms with Crippen molar-refractivity contribution in [2.45, 2.75) is 6.54 Å². The maximum atomic E-state index is 6.27. The molecule has 5 nitrogen and oxygen atoms in total. The number of benzene rings is 2. The van der Waals surface area contributed by atoms with Gasteiger partial charge in [0.2, 0.25) is 0 Å². The summed E-state index contributed by atoms with van der Waals surface area (Å²) >= 11 is 12.2. The third kappa shape index (κ3) is 3.04. The van der Waals surface area contributed by atoms with Crippen LogP contribution in [0.15, 0.2) is 54.7 Å². The highest BCUT2D eigenvalue weighted by Crippen LogP contribution is 2.25. The number of fused-ring (bicyclic) bond motifs is 1. The van der Waals surface area contributed by atoms with Crippen LogP contribution in [0, 0.1) is 0 Å². The van der Waals surface area contributed by atoms with Gasteiger partial charge in [0.1, 0.15) is 5.82 Å². The van der Waals surface area contributed by atoms with Gasteiger partial charge in [0.15, 0.2) is 11.5 Å². The number of aromatic nitrogens is 4. The summed E-state index contributed by atoms with van der Waals surface area (Å²) in [6, 6.07) is 15.1. The number of nitrogens with zero attached hydrogens (tertiary/aromatic N) is 4.